The predicted molar refractivity (Wildman–Crippen MR) is 64.6 cm³/mol. The third-order valence-corrected chi connectivity index (χ3v) is 2.55. The lowest BCUT2D eigenvalue weighted by molar-refractivity contribution is -0.120. The molecule has 2 N–H and O–H groups in total. The van der Waals surface area contributed by atoms with Gasteiger partial charge < -0.3 is 10.5 Å². The Kier molecular flexibility index (Phi) is 4.99. The van der Waals surface area contributed by atoms with Gasteiger partial charge in [-0.05, 0) is 25.0 Å². The van der Waals surface area contributed by atoms with Crippen LogP contribution in [0.25, 0.3) is 0 Å². The molecule has 0 aromatic heterocycles. The van der Waals surface area contributed by atoms with Crippen molar-refractivity contribution in [1.29, 1.82) is 0 Å². The molecule has 0 heterocycles. The molecule has 0 radical (unpaired) electrons. The van der Waals surface area contributed by atoms with Crippen LogP contribution in [-0.2, 0) is 4.79 Å². The van der Waals surface area contributed by atoms with Crippen molar-refractivity contribution in [3.05, 3.63) is 29.8 Å². The fraction of sp³-hybridized carbons (Fsp3) is 0.462. The molecule has 3 heteroatoms. The Morgan fingerprint density at radius 1 is 1.44 bits per heavy atom. The van der Waals surface area contributed by atoms with E-state index in [0.29, 0.717) is 19.4 Å². The van der Waals surface area contributed by atoms with E-state index in [9.17, 15) is 4.79 Å². The van der Waals surface area contributed by atoms with Gasteiger partial charge in [-0.15, -0.1) is 0 Å². The van der Waals surface area contributed by atoms with Crippen molar-refractivity contribution in [2.24, 2.45) is 5.73 Å². The van der Waals surface area contributed by atoms with Gasteiger partial charge in [-0.1, -0.05) is 25.1 Å². The lowest BCUT2D eigenvalue weighted by Gasteiger charge is -2.10. The Bertz CT molecular complexity index is 350. The molecule has 0 aliphatic carbocycles. The van der Waals surface area contributed by atoms with Crippen molar-refractivity contribution < 1.29 is 9.53 Å². The summed E-state index contributed by atoms with van der Waals surface area (Å²) in [6.45, 7) is 4.29. The van der Waals surface area contributed by atoms with Gasteiger partial charge >= 0.3 is 0 Å². The lowest BCUT2D eigenvalue weighted by Crippen LogP contribution is -2.30. The van der Waals surface area contributed by atoms with E-state index in [1.165, 1.54) is 0 Å². The second-order valence-corrected chi connectivity index (χ2v) is 3.85. The van der Waals surface area contributed by atoms with Crippen LogP contribution in [0.4, 0.5) is 0 Å². The summed E-state index contributed by atoms with van der Waals surface area (Å²) in [5, 5.41) is 0. The largest absolute Gasteiger partial charge is 0.493 e. The normalized spacial score (nSPS) is 12.2. The first kappa shape index (κ1) is 12.7. The number of aryl methyl sites for hydroxylation is 1. The number of carbonyl (C=O) groups is 1. The fourth-order valence-corrected chi connectivity index (χ4v) is 1.39. The summed E-state index contributed by atoms with van der Waals surface area (Å²) in [5.74, 6) is 0.899. The maximum atomic E-state index is 11.4. The highest BCUT2D eigenvalue weighted by atomic mass is 16.5. The lowest BCUT2D eigenvalue weighted by atomic mass is 10.1. The number of nitrogens with two attached hydrogens (primary N) is 1. The molecular formula is C13H19NO2. The molecule has 0 aliphatic heterocycles. The molecule has 0 aliphatic rings. The Morgan fingerprint density at radius 2 is 2.12 bits per heavy atom. The summed E-state index contributed by atoms with van der Waals surface area (Å²) in [4.78, 5) is 11.4. The van der Waals surface area contributed by atoms with Gasteiger partial charge in [0.2, 0.25) is 0 Å². The van der Waals surface area contributed by atoms with Crippen LogP contribution in [0.3, 0.4) is 0 Å². The van der Waals surface area contributed by atoms with Crippen molar-refractivity contribution >= 4 is 5.78 Å². The van der Waals surface area contributed by atoms with E-state index >= 15 is 0 Å². The van der Waals surface area contributed by atoms with Crippen LogP contribution >= 0.6 is 0 Å². The number of para-hydroxylation sites is 1. The zero-order valence-electron chi connectivity index (χ0n) is 9.90. The van der Waals surface area contributed by atoms with Crippen LogP contribution in [0.1, 0.15) is 25.3 Å². The molecule has 0 spiro atoms. The molecule has 3 nitrogen and oxygen atoms in total. The molecule has 1 rings (SSSR count). The van der Waals surface area contributed by atoms with Crippen LogP contribution in [0.15, 0.2) is 24.3 Å². The second kappa shape index (κ2) is 6.28. The summed E-state index contributed by atoms with van der Waals surface area (Å²) < 4.78 is 5.53. The maximum absolute atomic E-state index is 11.4. The Morgan fingerprint density at radius 3 is 2.75 bits per heavy atom. The first-order chi connectivity index (χ1) is 7.65. The van der Waals surface area contributed by atoms with Crippen LogP contribution in [0.5, 0.6) is 5.75 Å². The number of hydrogen-bond acceptors (Lipinski definition) is 3. The van der Waals surface area contributed by atoms with Crippen molar-refractivity contribution in [2.75, 3.05) is 6.61 Å². The fourth-order valence-electron chi connectivity index (χ4n) is 1.39. The van der Waals surface area contributed by atoms with Crippen LogP contribution in [0.2, 0.25) is 0 Å². The molecule has 0 bridgehead atoms. The van der Waals surface area contributed by atoms with E-state index in [1.54, 1.807) is 0 Å². The standard InChI is InChI=1S/C13H19NO2/c1-3-11(14)12(15)8-9-16-13-7-5-4-6-10(13)2/h4-7,11H,3,8-9,14H2,1-2H3. The molecule has 16 heavy (non-hydrogen) atoms. The topological polar surface area (TPSA) is 52.3 Å². The van der Waals surface area contributed by atoms with Gasteiger partial charge in [-0.2, -0.15) is 0 Å². The van der Waals surface area contributed by atoms with Crippen LogP contribution in [0, 0.1) is 6.92 Å². The van der Waals surface area contributed by atoms with Crippen molar-refractivity contribution in [1.82, 2.24) is 0 Å². The van der Waals surface area contributed by atoms with E-state index in [-0.39, 0.29) is 11.8 Å². The minimum absolute atomic E-state index is 0.0658. The van der Waals surface area contributed by atoms with E-state index in [4.69, 9.17) is 10.5 Å². The number of benzene rings is 1. The monoisotopic (exact) mass is 221 g/mol. The average Bonchev–Trinajstić information content (AvgIpc) is 2.30. The van der Waals surface area contributed by atoms with Gasteiger partial charge in [-0.3, -0.25) is 4.79 Å². The van der Waals surface area contributed by atoms with E-state index in [2.05, 4.69) is 0 Å². The molecular weight excluding hydrogens is 202 g/mol. The third-order valence-electron chi connectivity index (χ3n) is 2.55. The average molecular weight is 221 g/mol. The number of rotatable bonds is 6. The summed E-state index contributed by atoms with van der Waals surface area (Å²) in [6, 6.07) is 7.41. The molecule has 1 aromatic carbocycles. The molecule has 0 saturated heterocycles. The number of hydrogen-bond donors (Lipinski definition) is 1. The summed E-state index contributed by atoms with van der Waals surface area (Å²) in [5.41, 5.74) is 6.70. The zero-order valence-corrected chi connectivity index (χ0v) is 9.90. The van der Waals surface area contributed by atoms with E-state index in [0.717, 1.165) is 11.3 Å². The van der Waals surface area contributed by atoms with Gasteiger partial charge in [-0.25, -0.2) is 0 Å². The summed E-state index contributed by atoms with van der Waals surface area (Å²) in [7, 11) is 0. The van der Waals surface area contributed by atoms with E-state index < -0.39 is 0 Å². The van der Waals surface area contributed by atoms with E-state index in [1.807, 2.05) is 38.1 Å². The quantitative estimate of drug-likeness (QED) is 0.800. The minimum Gasteiger partial charge on any atom is -0.493 e. The molecule has 0 saturated carbocycles. The van der Waals surface area contributed by atoms with Gasteiger partial charge in [0.25, 0.3) is 0 Å². The Balaban J connectivity index is 2.36. The summed E-state index contributed by atoms with van der Waals surface area (Å²) in [6.07, 6.45) is 1.06. The van der Waals surface area contributed by atoms with Crippen LogP contribution < -0.4 is 10.5 Å². The first-order valence-electron chi connectivity index (χ1n) is 5.62. The number of Topliss-reactive ketones (excluding diaryl/α,β-unsaturated/α-hetero) is 1. The molecule has 1 aromatic rings. The molecule has 0 amide bonds. The van der Waals surface area contributed by atoms with Crippen molar-refractivity contribution in [3.63, 3.8) is 0 Å². The SMILES string of the molecule is CCC(N)C(=O)CCOc1ccccc1C. The minimum atomic E-state index is -0.347. The molecule has 0 fully saturated rings. The van der Waals surface area contributed by atoms with Gasteiger partial charge in [0.1, 0.15) is 5.75 Å². The highest BCUT2D eigenvalue weighted by Crippen LogP contribution is 2.16. The Labute approximate surface area is 96.6 Å². The van der Waals surface area contributed by atoms with Crippen LogP contribution in [-0.4, -0.2) is 18.4 Å². The second-order valence-electron chi connectivity index (χ2n) is 3.85. The van der Waals surface area contributed by atoms with Gasteiger partial charge in [0.15, 0.2) is 5.78 Å². The smallest absolute Gasteiger partial charge is 0.152 e. The first-order valence-corrected chi connectivity index (χ1v) is 5.62. The van der Waals surface area contributed by atoms with Gasteiger partial charge in [0, 0.05) is 6.42 Å². The van der Waals surface area contributed by atoms with Crippen molar-refractivity contribution in [3.8, 4) is 5.75 Å². The van der Waals surface area contributed by atoms with Gasteiger partial charge in [0.05, 0.1) is 12.6 Å². The molecule has 1 unspecified atom stereocenters. The highest BCUT2D eigenvalue weighted by molar-refractivity contribution is 5.83. The molecule has 88 valence electrons. The molecule has 1 atom stereocenters. The number of ketones is 1. The highest BCUT2D eigenvalue weighted by Gasteiger charge is 2.10. The Hall–Kier alpha value is -1.35. The maximum Gasteiger partial charge on any atom is 0.152 e. The number of ether oxygens (including phenoxy) is 1. The number of carbonyl (C=O) groups excluding carboxylic acids is 1. The third kappa shape index (κ3) is 3.66. The predicted octanol–water partition coefficient (Wildman–Crippen LogP) is 2.07. The summed E-state index contributed by atoms with van der Waals surface area (Å²) >= 11 is 0. The zero-order chi connectivity index (χ0) is 12.0. The van der Waals surface area contributed by atoms with Crippen molar-refractivity contribution in [2.45, 2.75) is 32.7 Å².